The quantitative estimate of drug-likeness (QED) is 0.386. The van der Waals surface area contributed by atoms with Gasteiger partial charge in [-0.2, -0.15) is 8.42 Å². The molecule has 0 aliphatic carbocycles. The Balaban J connectivity index is 1.79. The number of hydrogen-bond donors (Lipinski definition) is 0. The second-order valence-corrected chi connectivity index (χ2v) is 8.09. The Hall–Kier alpha value is -2.34. The van der Waals surface area contributed by atoms with E-state index in [1.54, 1.807) is 42.6 Å². The van der Waals surface area contributed by atoms with Crippen molar-refractivity contribution in [1.29, 1.82) is 0 Å². The van der Waals surface area contributed by atoms with E-state index < -0.39 is 10.1 Å². The fraction of sp³-hybridized carbons (Fsp3) is 0.0500. The molecule has 0 aliphatic heterocycles. The zero-order chi connectivity index (χ0) is 19.4. The largest absolute Gasteiger partial charge is 0.377 e. The third kappa shape index (κ3) is 4.89. The molecule has 0 heterocycles. The van der Waals surface area contributed by atoms with Crippen LogP contribution in [0.25, 0.3) is 0 Å². The summed E-state index contributed by atoms with van der Waals surface area (Å²) in [6, 6.07) is 18.1. The van der Waals surface area contributed by atoms with Crippen LogP contribution >= 0.6 is 23.2 Å². The lowest BCUT2D eigenvalue weighted by atomic mass is 10.2. The lowest BCUT2D eigenvalue weighted by Gasteiger charge is -2.09. The van der Waals surface area contributed by atoms with Gasteiger partial charge in [-0.05, 0) is 60.5 Å². The summed E-state index contributed by atoms with van der Waals surface area (Å²) in [5.74, 6) is 0.0519. The first kappa shape index (κ1) is 19.4. The van der Waals surface area contributed by atoms with Crippen molar-refractivity contribution in [3.63, 3.8) is 0 Å². The van der Waals surface area contributed by atoms with Gasteiger partial charge in [-0.15, -0.1) is 0 Å². The van der Waals surface area contributed by atoms with Gasteiger partial charge in [-0.25, -0.2) is 0 Å². The van der Waals surface area contributed by atoms with Gasteiger partial charge in [-0.1, -0.05) is 47.5 Å². The summed E-state index contributed by atoms with van der Waals surface area (Å²) in [6.45, 7) is 1.91. The highest BCUT2D eigenvalue weighted by molar-refractivity contribution is 7.87. The van der Waals surface area contributed by atoms with Gasteiger partial charge in [0.05, 0.1) is 10.7 Å². The Labute approximate surface area is 168 Å². The van der Waals surface area contributed by atoms with E-state index in [9.17, 15) is 8.42 Å². The zero-order valence-electron chi connectivity index (χ0n) is 14.3. The van der Waals surface area contributed by atoms with E-state index in [1.807, 2.05) is 19.1 Å². The van der Waals surface area contributed by atoms with E-state index in [4.69, 9.17) is 27.4 Å². The predicted octanol–water partition coefficient (Wildman–Crippen LogP) is 5.82. The maximum absolute atomic E-state index is 12.3. The molecule has 0 radical (unpaired) electrons. The SMILES string of the molecule is Cc1ccc(N=Cc2ccc(OS(=O)(=O)c3ccccc3)c(Cl)c2)cc1Cl. The van der Waals surface area contributed by atoms with E-state index in [0.717, 1.165) is 5.56 Å². The van der Waals surface area contributed by atoms with Gasteiger partial charge in [-0.3, -0.25) is 4.99 Å². The van der Waals surface area contributed by atoms with Crippen LogP contribution in [0.15, 0.2) is 76.6 Å². The summed E-state index contributed by atoms with van der Waals surface area (Å²) in [5.41, 5.74) is 2.37. The van der Waals surface area contributed by atoms with Crippen LogP contribution in [-0.4, -0.2) is 14.6 Å². The molecule has 0 unspecified atom stereocenters. The number of halogens is 2. The van der Waals surface area contributed by atoms with Gasteiger partial charge >= 0.3 is 10.1 Å². The van der Waals surface area contributed by atoms with Crippen LogP contribution in [-0.2, 0) is 10.1 Å². The number of rotatable bonds is 5. The van der Waals surface area contributed by atoms with Gasteiger partial charge in [0.1, 0.15) is 4.90 Å². The van der Waals surface area contributed by atoms with E-state index in [2.05, 4.69) is 4.99 Å². The van der Waals surface area contributed by atoms with Crippen LogP contribution < -0.4 is 4.18 Å². The van der Waals surface area contributed by atoms with Crippen LogP contribution in [0.4, 0.5) is 5.69 Å². The van der Waals surface area contributed by atoms with Gasteiger partial charge in [0, 0.05) is 11.2 Å². The molecule has 0 bridgehead atoms. The number of aliphatic imine (C=N–C) groups is 1. The van der Waals surface area contributed by atoms with Crippen molar-refractivity contribution in [1.82, 2.24) is 0 Å². The molecule has 3 rings (SSSR count). The Kier molecular flexibility index (Phi) is 5.85. The molecular weight excluding hydrogens is 405 g/mol. The molecule has 0 saturated heterocycles. The molecular formula is C20H15Cl2NO3S. The molecule has 7 heteroatoms. The number of benzene rings is 3. The molecule has 0 fully saturated rings. The number of hydrogen-bond acceptors (Lipinski definition) is 4. The molecule has 0 aliphatic rings. The van der Waals surface area contributed by atoms with Crippen LogP contribution in [0.3, 0.4) is 0 Å². The Bertz CT molecular complexity index is 1100. The van der Waals surface area contributed by atoms with Crippen LogP contribution in [0.2, 0.25) is 10.0 Å². The third-order valence-corrected chi connectivity index (χ3v) is 5.66. The van der Waals surface area contributed by atoms with Gasteiger partial charge < -0.3 is 4.18 Å². The van der Waals surface area contributed by atoms with Crippen molar-refractivity contribution >= 4 is 45.2 Å². The van der Waals surface area contributed by atoms with Crippen molar-refractivity contribution in [3.05, 3.63) is 87.9 Å². The molecule has 0 saturated carbocycles. The Morgan fingerprint density at radius 3 is 2.33 bits per heavy atom. The van der Waals surface area contributed by atoms with Crippen molar-refractivity contribution in [2.75, 3.05) is 0 Å². The van der Waals surface area contributed by atoms with E-state index in [-0.39, 0.29) is 15.7 Å². The Morgan fingerprint density at radius 2 is 1.67 bits per heavy atom. The highest BCUT2D eigenvalue weighted by Crippen LogP contribution is 2.28. The third-order valence-electron chi connectivity index (χ3n) is 3.71. The predicted molar refractivity (Wildman–Crippen MR) is 109 cm³/mol. The average molecular weight is 420 g/mol. The second kappa shape index (κ2) is 8.13. The topological polar surface area (TPSA) is 55.7 Å². The van der Waals surface area contributed by atoms with Gasteiger partial charge in [0.25, 0.3) is 0 Å². The van der Waals surface area contributed by atoms with Crippen LogP contribution in [0, 0.1) is 6.92 Å². The molecule has 27 heavy (non-hydrogen) atoms. The smallest absolute Gasteiger partial charge is 0.339 e. The van der Waals surface area contributed by atoms with E-state index in [0.29, 0.717) is 16.3 Å². The molecule has 4 nitrogen and oxygen atoms in total. The highest BCUT2D eigenvalue weighted by Gasteiger charge is 2.17. The molecule has 0 N–H and O–H groups in total. The first-order chi connectivity index (χ1) is 12.8. The number of nitrogens with zero attached hydrogens (tertiary/aromatic N) is 1. The van der Waals surface area contributed by atoms with Crippen LogP contribution in [0.1, 0.15) is 11.1 Å². The molecule has 138 valence electrons. The standard InChI is InChI=1S/C20H15Cl2NO3S/c1-14-7-9-16(12-18(14)21)23-13-15-8-10-20(19(22)11-15)26-27(24,25)17-5-3-2-4-6-17/h2-13H,1H3. The van der Waals surface area contributed by atoms with Crippen LogP contribution in [0.5, 0.6) is 5.75 Å². The lowest BCUT2D eigenvalue weighted by Crippen LogP contribution is -2.09. The highest BCUT2D eigenvalue weighted by atomic mass is 35.5. The molecule has 3 aromatic carbocycles. The molecule has 3 aromatic rings. The summed E-state index contributed by atoms with van der Waals surface area (Å²) in [5, 5.41) is 0.804. The van der Waals surface area contributed by atoms with Gasteiger partial charge in [0.2, 0.25) is 0 Å². The second-order valence-electron chi connectivity index (χ2n) is 5.73. The normalized spacial score (nSPS) is 11.7. The summed E-state index contributed by atoms with van der Waals surface area (Å²) >= 11 is 12.3. The summed E-state index contributed by atoms with van der Waals surface area (Å²) in [6.07, 6.45) is 1.61. The fourth-order valence-electron chi connectivity index (χ4n) is 2.23. The van der Waals surface area contributed by atoms with Crippen molar-refractivity contribution in [2.24, 2.45) is 4.99 Å². The van der Waals surface area contributed by atoms with E-state index >= 15 is 0 Å². The monoisotopic (exact) mass is 419 g/mol. The minimum Gasteiger partial charge on any atom is -0.377 e. The fourth-order valence-corrected chi connectivity index (χ4v) is 3.65. The van der Waals surface area contributed by atoms with Crippen molar-refractivity contribution in [3.8, 4) is 5.75 Å². The Morgan fingerprint density at radius 1 is 0.926 bits per heavy atom. The molecule has 0 aromatic heterocycles. The summed E-state index contributed by atoms with van der Waals surface area (Å²) < 4.78 is 29.7. The summed E-state index contributed by atoms with van der Waals surface area (Å²) in [4.78, 5) is 4.40. The maximum Gasteiger partial charge on any atom is 0.339 e. The molecule has 0 atom stereocenters. The lowest BCUT2D eigenvalue weighted by molar-refractivity contribution is 0.486. The minimum atomic E-state index is -3.95. The van der Waals surface area contributed by atoms with Crippen molar-refractivity contribution < 1.29 is 12.6 Å². The molecule has 0 amide bonds. The first-order valence-electron chi connectivity index (χ1n) is 7.94. The van der Waals surface area contributed by atoms with E-state index in [1.165, 1.54) is 18.2 Å². The average Bonchev–Trinajstić information content (AvgIpc) is 2.65. The first-order valence-corrected chi connectivity index (χ1v) is 10.1. The zero-order valence-corrected chi connectivity index (χ0v) is 16.6. The maximum atomic E-state index is 12.3. The number of aryl methyl sites for hydroxylation is 1. The van der Waals surface area contributed by atoms with Gasteiger partial charge in [0.15, 0.2) is 5.75 Å². The summed E-state index contributed by atoms with van der Waals surface area (Å²) in [7, 11) is -3.95. The minimum absolute atomic E-state index is 0.0519. The van der Waals surface area contributed by atoms with Crippen molar-refractivity contribution in [2.45, 2.75) is 11.8 Å². The molecule has 0 spiro atoms.